The number of hydrogen-bond donors (Lipinski definition) is 0. The van der Waals surface area contributed by atoms with E-state index >= 15 is 0 Å². The van der Waals surface area contributed by atoms with Crippen LogP contribution in [0.1, 0.15) is 30.6 Å². The van der Waals surface area contributed by atoms with Crippen molar-refractivity contribution >= 4 is 27.7 Å². The molecule has 2 rings (SSSR count). The van der Waals surface area contributed by atoms with Gasteiger partial charge in [-0.1, -0.05) is 26.0 Å². The molecule has 1 aliphatic rings. The van der Waals surface area contributed by atoms with Crippen LogP contribution in [0.5, 0.6) is 0 Å². The summed E-state index contributed by atoms with van der Waals surface area (Å²) in [7, 11) is 0. The molecular weight excluding hydrogens is 370 g/mol. The maximum atomic E-state index is 12.6. The van der Waals surface area contributed by atoms with E-state index in [1.165, 1.54) is 0 Å². The standard InChI is InChI=1S/C18H26BrN3O2/c1-3-20(4-2)10-9-17(23)21-11-13-22(14-12-21)18(24)15-7-5-6-8-16(15)19/h5-8H,3-4,9-14H2,1-2H3. The van der Waals surface area contributed by atoms with Crippen LogP contribution >= 0.6 is 15.9 Å². The molecule has 5 nitrogen and oxygen atoms in total. The number of benzene rings is 1. The SMILES string of the molecule is CCN(CC)CCC(=O)N1CCN(C(=O)c2ccccc2Br)CC1. The first-order valence-electron chi connectivity index (χ1n) is 8.60. The first kappa shape index (κ1) is 18.9. The van der Waals surface area contributed by atoms with Crippen LogP contribution in [0.25, 0.3) is 0 Å². The molecule has 2 amide bonds. The van der Waals surface area contributed by atoms with Crippen molar-refractivity contribution in [3.63, 3.8) is 0 Å². The van der Waals surface area contributed by atoms with Gasteiger partial charge in [-0.15, -0.1) is 0 Å². The van der Waals surface area contributed by atoms with E-state index in [4.69, 9.17) is 0 Å². The Morgan fingerprint density at radius 1 is 1.04 bits per heavy atom. The van der Waals surface area contributed by atoms with Gasteiger partial charge in [0.05, 0.1) is 5.56 Å². The highest BCUT2D eigenvalue weighted by molar-refractivity contribution is 9.10. The normalized spacial score (nSPS) is 15.0. The zero-order chi connectivity index (χ0) is 17.5. The van der Waals surface area contributed by atoms with Crippen LogP contribution in [-0.4, -0.2) is 72.3 Å². The molecule has 0 N–H and O–H groups in total. The lowest BCUT2D eigenvalue weighted by atomic mass is 10.2. The number of halogens is 1. The summed E-state index contributed by atoms with van der Waals surface area (Å²) in [6.07, 6.45) is 0.555. The van der Waals surface area contributed by atoms with E-state index in [1.54, 1.807) is 0 Å². The van der Waals surface area contributed by atoms with Crippen molar-refractivity contribution in [3.8, 4) is 0 Å². The number of nitrogens with zero attached hydrogens (tertiary/aromatic N) is 3. The Labute approximate surface area is 152 Å². The largest absolute Gasteiger partial charge is 0.339 e. The number of amides is 2. The Kier molecular flexibility index (Phi) is 7.24. The molecule has 0 aromatic heterocycles. The van der Waals surface area contributed by atoms with Gasteiger partial charge in [0.2, 0.25) is 5.91 Å². The van der Waals surface area contributed by atoms with Crippen molar-refractivity contribution in [2.45, 2.75) is 20.3 Å². The third-order valence-electron chi connectivity index (χ3n) is 4.56. The van der Waals surface area contributed by atoms with Gasteiger partial charge in [-0.25, -0.2) is 0 Å². The predicted octanol–water partition coefficient (Wildman–Crippen LogP) is 2.47. The van der Waals surface area contributed by atoms with Gasteiger partial charge in [0, 0.05) is 43.6 Å². The van der Waals surface area contributed by atoms with Crippen LogP contribution in [0, 0.1) is 0 Å². The fourth-order valence-electron chi connectivity index (χ4n) is 2.92. The molecule has 0 radical (unpaired) electrons. The Morgan fingerprint density at radius 3 is 2.21 bits per heavy atom. The second kappa shape index (κ2) is 9.18. The Bertz CT molecular complexity index is 567. The number of rotatable bonds is 6. The molecule has 1 fully saturated rings. The minimum absolute atomic E-state index is 0.0257. The monoisotopic (exact) mass is 395 g/mol. The average molecular weight is 396 g/mol. The van der Waals surface area contributed by atoms with Crippen LogP contribution in [0.4, 0.5) is 0 Å². The zero-order valence-corrected chi connectivity index (χ0v) is 16.1. The number of carbonyl (C=O) groups excluding carboxylic acids is 2. The van der Waals surface area contributed by atoms with E-state index in [9.17, 15) is 9.59 Å². The van der Waals surface area contributed by atoms with Crippen LogP contribution < -0.4 is 0 Å². The van der Waals surface area contributed by atoms with E-state index in [-0.39, 0.29) is 11.8 Å². The quantitative estimate of drug-likeness (QED) is 0.742. The van der Waals surface area contributed by atoms with Crippen LogP contribution in [0.2, 0.25) is 0 Å². The molecule has 132 valence electrons. The molecule has 1 saturated heterocycles. The van der Waals surface area contributed by atoms with E-state index in [1.807, 2.05) is 34.1 Å². The predicted molar refractivity (Wildman–Crippen MR) is 99.0 cm³/mol. The average Bonchev–Trinajstić information content (AvgIpc) is 2.62. The third kappa shape index (κ3) is 4.80. The summed E-state index contributed by atoms with van der Waals surface area (Å²) in [4.78, 5) is 30.9. The van der Waals surface area contributed by atoms with E-state index in [0.29, 0.717) is 38.2 Å². The molecule has 24 heavy (non-hydrogen) atoms. The molecule has 1 aromatic carbocycles. The van der Waals surface area contributed by atoms with Crippen molar-refractivity contribution in [1.82, 2.24) is 14.7 Å². The minimum Gasteiger partial charge on any atom is -0.339 e. The van der Waals surface area contributed by atoms with E-state index in [2.05, 4.69) is 34.7 Å². The van der Waals surface area contributed by atoms with Crippen LogP contribution in [-0.2, 0) is 4.79 Å². The number of piperazine rings is 1. The lowest BCUT2D eigenvalue weighted by molar-refractivity contribution is -0.133. The lowest BCUT2D eigenvalue weighted by Crippen LogP contribution is -2.51. The fourth-order valence-corrected chi connectivity index (χ4v) is 3.37. The second-order valence-electron chi connectivity index (χ2n) is 5.93. The van der Waals surface area contributed by atoms with Crippen molar-refractivity contribution in [1.29, 1.82) is 0 Å². The summed E-state index contributed by atoms with van der Waals surface area (Å²) in [5.74, 6) is 0.215. The van der Waals surface area contributed by atoms with Gasteiger partial charge in [-0.05, 0) is 41.2 Å². The molecule has 1 heterocycles. The topological polar surface area (TPSA) is 43.9 Å². The molecular formula is C18H26BrN3O2. The van der Waals surface area contributed by atoms with Crippen molar-refractivity contribution in [2.24, 2.45) is 0 Å². The summed E-state index contributed by atoms with van der Waals surface area (Å²) < 4.78 is 0.813. The van der Waals surface area contributed by atoms with Crippen LogP contribution in [0.15, 0.2) is 28.7 Å². The Hall–Kier alpha value is -1.40. The Balaban J connectivity index is 1.84. The van der Waals surface area contributed by atoms with Gasteiger partial charge >= 0.3 is 0 Å². The van der Waals surface area contributed by atoms with Gasteiger partial charge < -0.3 is 14.7 Å². The van der Waals surface area contributed by atoms with Crippen LogP contribution in [0.3, 0.4) is 0 Å². The number of hydrogen-bond acceptors (Lipinski definition) is 3. The summed E-state index contributed by atoms with van der Waals surface area (Å²) in [6.45, 7) is 9.40. The molecule has 0 saturated carbocycles. The molecule has 1 aliphatic heterocycles. The first-order valence-corrected chi connectivity index (χ1v) is 9.40. The molecule has 0 bridgehead atoms. The summed E-state index contributed by atoms with van der Waals surface area (Å²) in [6, 6.07) is 7.46. The van der Waals surface area contributed by atoms with Crippen molar-refractivity contribution < 1.29 is 9.59 Å². The van der Waals surface area contributed by atoms with Gasteiger partial charge in [0.1, 0.15) is 0 Å². The molecule has 0 spiro atoms. The minimum atomic E-state index is 0.0257. The summed E-state index contributed by atoms with van der Waals surface area (Å²) in [5.41, 5.74) is 0.679. The second-order valence-corrected chi connectivity index (χ2v) is 6.78. The molecule has 1 aromatic rings. The molecule has 0 atom stereocenters. The molecule has 0 unspecified atom stereocenters. The smallest absolute Gasteiger partial charge is 0.255 e. The maximum absolute atomic E-state index is 12.6. The van der Waals surface area contributed by atoms with Gasteiger partial charge in [-0.2, -0.15) is 0 Å². The third-order valence-corrected chi connectivity index (χ3v) is 5.25. The molecule has 6 heteroatoms. The highest BCUT2D eigenvalue weighted by Crippen LogP contribution is 2.18. The first-order chi connectivity index (χ1) is 11.6. The number of carbonyl (C=O) groups is 2. The zero-order valence-electron chi connectivity index (χ0n) is 14.5. The summed E-state index contributed by atoms with van der Waals surface area (Å²) >= 11 is 3.43. The fraction of sp³-hybridized carbons (Fsp3) is 0.556. The highest BCUT2D eigenvalue weighted by Gasteiger charge is 2.25. The van der Waals surface area contributed by atoms with Crippen molar-refractivity contribution in [2.75, 3.05) is 45.8 Å². The van der Waals surface area contributed by atoms with Gasteiger partial charge in [-0.3, -0.25) is 9.59 Å². The molecule has 0 aliphatic carbocycles. The van der Waals surface area contributed by atoms with E-state index < -0.39 is 0 Å². The maximum Gasteiger partial charge on any atom is 0.255 e. The lowest BCUT2D eigenvalue weighted by Gasteiger charge is -2.35. The summed E-state index contributed by atoms with van der Waals surface area (Å²) in [5, 5.41) is 0. The Morgan fingerprint density at radius 2 is 1.62 bits per heavy atom. The van der Waals surface area contributed by atoms with Crippen molar-refractivity contribution in [3.05, 3.63) is 34.3 Å². The highest BCUT2D eigenvalue weighted by atomic mass is 79.9. The van der Waals surface area contributed by atoms with E-state index in [0.717, 1.165) is 24.1 Å². The van der Waals surface area contributed by atoms with Gasteiger partial charge in [0.15, 0.2) is 0 Å². The van der Waals surface area contributed by atoms with Gasteiger partial charge in [0.25, 0.3) is 5.91 Å².